The molecule has 1 unspecified atom stereocenters. The van der Waals surface area contributed by atoms with Gasteiger partial charge in [0.05, 0.1) is 28.1 Å². The van der Waals surface area contributed by atoms with E-state index in [0.717, 1.165) is 23.6 Å². The lowest BCUT2D eigenvalue weighted by Crippen LogP contribution is -2.48. The molecule has 3 aromatic rings. The molecule has 1 N–H and O–H groups in total. The molecular formula is C26H26ClF3N2O3S. The second-order valence-electron chi connectivity index (χ2n) is 8.88. The molecule has 0 bridgehead atoms. The predicted octanol–water partition coefficient (Wildman–Crippen LogP) is 5.32. The summed E-state index contributed by atoms with van der Waals surface area (Å²) in [7, 11) is -3.53. The average molecular weight is 539 g/mol. The van der Waals surface area contributed by atoms with E-state index in [0.29, 0.717) is 37.3 Å². The number of aliphatic hydroxyl groups excluding tert-OH is 1. The van der Waals surface area contributed by atoms with Crippen molar-refractivity contribution in [3.63, 3.8) is 0 Å². The van der Waals surface area contributed by atoms with E-state index in [4.69, 9.17) is 11.6 Å². The molecule has 10 heteroatoms. The van der Waals surface area contributed by atoms with Crippen molar-refractivity contribution in [3.05, 3.63) is 94.0 Å². The number of rotatable bonds is 6. The van der Waals surface area contributed by atoms with Gasteiger partial charge in [-0.15, -0.1) is 0 Å². The summed E-state index contributed by atoms with van der Waals surface area (Å²) >= 11 is 5.95. The van der Waals surface area contributed by atoms with Crippen LogP contribution in [0.15, 0.2) is 71.6 Å². The van der Waals surface area contributed by atoms with E-state index in [1.54, 1.807) is 18.2 Å². The Balaban J connectivity index is 1.63. The van der Waals surface area contributed by atoms with E-state index in [1.165, 1.54) is 12.1 Å². The Labute approximate surface area is 213 Å². The summed E-state index contributed by atoms with van der Waals surface area (Å²) in [5, 5.41) is 9.25. The Kier molecular flexibility index (Phi) is 7.66. The molecule has 1 heterocycles. The Morgan fingerprint density at radius 2 is 1.75 bits per heavy atom. The van der Waals surface area contributed by atoms with Crippen molar-refractivity contribution < 1.29 is 26.7 Å². The van der Waals surface area contributed by atoms with Gasteiger partial charge in [-0.2, -0.15) is 13.2 Å². The van der Waals surface area contributed by atoms with Gasteiger partial charge in [0.15, 0.2) is 9.84 Å². The monoisotopic (exact) mass is 538 g/mol. The third-order valence-electron chi connectivity index (χ3n) is 6.39. The number of hydrogen-bond donors (Lipinski definition) is 1. The quantitative estimate of drug-likeness (QED) is 0.460. The van der Waals surface area contributed by atoms with Crippen molar-refractivity contribution in [2.75, 3.05) is 30.8 Å². The van der Waals surface area contributed by atoms with Crippen LogP contribution in [-0.4, -0.2) is 44.3 Å². The fourth-order valence-corrected chi connectivity index (χ4v) is 5.83. The van der Waals surface area contributed by atoms with E-state index in [2.05, 4.69) is 9.80 Å². The van der Waals surface area contributed by atoms with Gasteiger partial charge in [-0.1, -0.05) is 54.1 Å². The minimum atomic E-state index is -4.51. The third-order valence-corrected chi connectivity index (χ3v) is 7.88. The first-order valence-corrected chi connectivity index (χ1v) is 13.6. The number of benzene rings is 3. The number of nitrogens with zero attached hydrogens (tertiary/aromatic N) is 2. The van der Waals surface area contributed by atoms with Crippen LogP contribution in [0.1, 0.15) is 28.3 Å². The summed E-state index contributed by atoms with van der Waals surface area (Å²) in [4.78, 5) is 4.37. The molecule has 1 aliphatic heterocycles. The normalized spacial score (nSPS) is 17.4. The lowest BCUT2D eigenvalue weighted by molar-refractivity contribution is -0.137. The molecule has 0 aliphatic carbocycles. The highest BCUT2D eigenvalue weighted by Crippen LogP contribution is 2.36. The maximum Gasteiger partial charge on any atom is 0.417 e. The standard InChI is InChI=1S/C26H26ClF3N2O3S/c1-36(34,35)25-14-21(9-8-20(25)17-33)31-11-12-32(24(16-31)19-5-3-2-4-6-19)15-18-7-10-22(23(27)13-18)26(28,29)30/h2-10,13-14,24,33H,11-12,15-17H2,1H3. The molecule has 1 atom stereocenters. The minimum absolute atomic E-state index is 0.0970. The molecule has 1 fully saturated rings. The maximum atomic E-state index is 13.1. The van der Waals surface area contributed by atoms with Crippen LogP contribution in [0.2, 0.25) is 5.02 Å². The van der Waals surface area contributed by atoms with E-state index >= 15 is 0 Å². The van der Waals surface area contributed by atoms with Crippen molar-refractivity contribution in [2.45, 2.75) is 30.3 Å². The molecule has 1 saturated heterocycles. The maximum absolute atomic E-state index is 13.1. The zero-order valence-electron chi connectivity index (χ0n) is 19.5. The van der Waals surface area contributed by atoms with Crippen LogP contribution in [0, 0.1) is 0 Å². The summed E-state index contributed by atoms with van der Waals surface area (Å²) in [6.45, 7) is 1.75. The van der Waals surface area contributed by atoms with Crippen molar-refractivity contribution >= 4 is 27.1 Å². The topological polar surface area (TPSA) is 60.9 Å². The summed E-state index contributed by atoms with van der Waals surface area (Å²) in [5.41, 5.74) is 1.93. The second kappa shape index (κ2) is 10.4. The Morgan fingerprint density at radius 3 is 2.36 bits per heavy atom. The molecule has 192 valence electrons. The molecule has 5 nitrogen and oxygen atoms in total. The van der Waals surface area contributed by atoms with Gasteiger partial charge in [0.2, 0.25) is 0 Å². The summed E-state index contributed by atoms with van der Waals surface area (Å²) in [5.74, 6) is 0. The number of piperazine rings is 1. The highest BCUT2D eigenvalue weighted by atomic mass is 35.5. The van der Waals surface area contributed by atoms with E-state index in [9.17, 15) is 26.7 Å². The van der Waals surface area contributed by atoms with Crippen LogP contribution < -0.4 is 4.90 Å². The number of sulfone groups is 1. The SMILES string of the molecule is CS(=O)(=O)c1cc(N2CCN(Cc3ccc(C(F)(F)F)c(Cl)c3)C(c3ccccc3)C2)ccc1CO. The highest BCUT2D eigenvalue weighted by molar-refractivity contribution is 7.90. The van der Waals surface area contributed by atoms with E-state index in [-0.39, 0.29) is 22.6 Å². The van der Waals surface area contributed by atoms with Gasteiger partial charge in [0.1, 0.15) is 0 Å². The number of aliphatic hydroxyl groups is 1. The van der Waals surface area contributed by atoms with Crippen LogP contribution in [0.5, 0.6) is 0 Å². The van der Waals surface area contributed by atoms with Crippen LogP contribution in [0.3, 0.4) is 0 Å². The fourth-order valence-electron chi connectivity index (χ4n) is 4.57. The summed E-state index contributed by atoms with van der Waals surface area (Å²) in [6, 6.07) is 18.5. The number of halogens is 4. The first-order valence-electron chi connectivity index (χ1n) is 11.3. The third kappa shape index (κ3) is 5.86. The van der Waals surface area contributed by atoms with Gasteiger partial charge in [0.25, 0.3) is 0 Å². The van der Waals surface area contributed by atoms with E-state index < -0.39 is 21.6 Å². The van der Waals surface area contributed by atoms with Crippen LogP contribution in [0.4, 0.5) is 18.9 Å². The Bertz CT molecular complexity index is 1330. The van der Waals surface area contributed by atoms with Gasteiger partial charge >= 0.3 is 6.18 Å². The number of anilines is 1. The minimum Gasteiger partial charge on any atom is -0.392 e. The number of hydrogen-bond acceptors (Lipinski definition) is 5. The van der Waals surface area contributed by atoms with Crippen LogP contribution in [0.25, 0.3) is 0 Å². The second-order valence-corrected chi connectivity index (χ2v) is 11.3. The first kappa shape index (κ1) is 26.5. The van der Waals surface area contributed by atoms with Crippen molar-refractivity contribution in [1.82, 2.24) is 4.90 Å². The summed E-state index contributed by atoms with van der Waals surface area (Å²) < 4.78 is 63.9. The van der Waals surface area contributed by atoms with Crippen LogP contribution >= 0.6 is 11.6 Å². The molecule has 0 saturated carbocycles. The molecule has 3 aromatic carbocycles. The van der Waals surface area contributed by atoms with Gasteiger partial charge < -0.3 is 10.0 Å². The Hall–Kier alpha value is -2.59. The molecule has 1 aliphatic rings. The molecule has 36 heavy (non-hydrogen) atoms. The zero-order chi connectivity index (χ0) is 26.1. The zero-order valence-corrected chi connectivity index (χ0v) is 21.1. The smallest absolute Gasteiger partial charge is 0.392 e. The largest absolute Gasteiger partial charge is 0.417 e. The molecular weight excluding hydrogens is 513 g/mol. The molecule has 0 amide bonds. The predicted molar refractivity (Wildman–Crippen MR) is 134 cm³/mol. The van der Waals surface area contributed by atoms with E-state index in [1.807, 2.05) is 30.3 Å². The molecule has 4 rings (SSSR count). The Morgan fingerprint density at radius 1 is 1.03 bits per heavy atom. The first-order chi connectivity index (χ1) is 17.0. The van der Waals surface area contributed by atoms with Crippen LogP contribution in [-0.2, 0) is 29.2 Å². The lowest BCUT2D eigenvalue weighted by atomic mass is 10.0. The van der Waals surface area contributed by atoms with Crippen molar-refractivity contribution in [1.29, 1.82) is 0 Å². The summed E-state index contributed by atoms with van der Waals surface area (Å²) in [6.07, 6.45) is -3.39. The van der Waals surface area contributed by atoms with Crippen molar-refractivity contribution in [3.8, 4) is 0 Å². The molecule has 0 radical (unpaired) electrons. The van der Waals surface area contributed by atoms with Gasteiger partial charge in [-0.05, 0) is 41.0 Å². The number of alkyl halides is 3. The fraction of sp³-hybridized carbons (Fsp3) is 0.308. The van der Waals surface area contributed by atoms with Gasteiger partial charge in [0, 0.05) is 38.1 Å². The highest BCUT2D eigenvalue weighted by Gasteiger charge is 2.34. The van der Waals surface area contributed by atoms with Crippen molar-refractivity contribution in [2.24, 2.45) is 0 Å². The lowest BCUT2D eigenvalue weighted by Gasteiger charge is -2.43. The van der Waals surface area contributed by atoms with Gasteiger partial charge in [-0.25, -0.2) is 8.42 Å². The van der Waals surface area contributed by atoms with Gasteiger partial charge in [-0.3, -0.25) is 4.90 Å². The average Bonchev–Trinajstić information content (AvgIpc) is 2.83. The molecule has 0 spiro atoms. The molecule has 0 aromatic heterocycles.